The zero-order valence-electron chi connectivity index (χ0n) is 8.54. The van der Waals surface area contributed by atoms with Crippen molar-refractivity contribution in [3.8, 4) is 0 Å². The van der Waals surface area contributed by atoms with E-state index < -0.39 is 12.0 Å². The number of nitrogens with zero attached hydrogens (tertiary/aromatic N) is 1. The van der Waals surface area contributed by atoms with E-state index in [1.165, 1.54) is 5.41 Å². The van der Waals surface area contributed by atoms with Crippen molar-refractivity contribution in [1.82, 2.24) is 4.90 Å². The number of aliphatic carboxylic acids is 1. The van der Waals surface area contributed by atoms with Crippen LogP contribution in [-0.2, 0) is 9.59 Å². The van der Waals surface area contributed by atoms with E-state index in [-0.39, 0.29) is 10.2 Å². The summed E-state index contributed by atoms with van der Waals surface area (Å²) in [5.41, 5.74) is 0. The second-order valence-electron chi connectivity index (χ2n) is 3.09. The van der Waals surface area contributed by atoms with E-state index >= 15 is 0 Å². The van der Waals surface area contributed by atoms with E-state index in [4.69, 9.17) is 17.3 Å². The third kappa shape index (κ3) is 4.01. The molecule has 0 rings (SSSR count). The number of rotatable bonds is 5. The number of carboxylic acid groups (broad SMARTS) is 1. The van der Waals surface area contributed by atoms with Gasteiger partial charge in [-0.2, -0.15) is 0 Å². The van der Waals surface area contributed by atoms with Crippen LogP contribution in [0.1, 0.15) is 13.8 Å². The number of carbonyl (C=O) groups is 2. The smallest absolute Gasteiger partial charge is 0.327 e. The maximum atomic E-state index is 11.0. The van der Waals surface area contributed by atoms with Gasteiger partial charge < -0.3 is 5.11 Å². The molecule has 0 aromatic heterocycles. The van der Waals surface area contributed by atoms with Crippen LogP contribution < -0.4 is 0 Å². The fourth-order valence-corrected chi connectivity index (χ4v) is 1.86. The lowest BCUT2D eigenvalue weighted by Gasteiger charge is -2.27. The van der Waals surface area contributed by atoms with Crippen molar-refractivity contribution < 1.29 is 14.7 Å². The van der Waals surface area contributed by atoms with Gasteiger partial charge in [0.2, 0.25) is 6.41 Å². The first-order valence-electron chi connectivity index (χ1n) is 4.23. The Bertz CT molecular complexity index is 279. The Hall–Kier alpha value is -0.880. The average Bonchev–Trinajstić information content (AvgIpc) is 2.12. The second-order valence-corrected chi connectivity index (χ2v) is 4.69. The first-order chi connectivity index (χ1) is 6.95. The predicted molar refractivity (Wildman–Crippen MR) is 64.6 cm³/mol. The quantitative estimate of drug-likeness (QED) is 0.592. The average molecular weight is 247 g/mol. The summed E-state index contributed by atoms with van der Waals surface area (Å²) in [5, 5.41) is 10.4. The molecule has 1 atom stereocenters. The minimum atomic E-state index is -1.07. The number of thiocarbonyl (C=S) groups is 1. The van der Waals surface area contributed by atoms with Crippen molar-refractivity contribution in [1.29, 1.82) is 0 Å². The molecule has 0 spiro atoms. The van der Waals surface area contributed by atoms with Crippen LogP contribution in [0.2, 0.25) is 0 Å². The van der Waals surface area contributed by atoms with Gasteiger partial charge in [-0.1, -0.05) is 44.4 Å². The van der Waals surface area contributed by atoms with Crippen LogP contribution in [0.5, 0.6) is 0 Å². The highest BCUT2D eigenvalue weighted by Crippen LogP contribution is 2.16. The monoisotopic (exact) mass is 247 g/mol. The molecule has 0 fully saturated rings. The Kier molecular flexibility index (Phi) is 6.19. The van der Waals surface area contributed by atoms with Crippen LogP contribution in [0.25, 0.3) is 0 Å². The first kappa shape index (κ1) is 14.1. The zero-order valence-corrected chi connectivity index (χ0v) is 10.2. The molecule has 0 aromatic carbocycles. The molecule has 0 bridgehead atoms. The summed E-state index contributed by atoms with van der Waals surface area (Å²) in [6, 6.07) is -0.928. The van der Waals surface area contributed by atoms with Crippen molar-refractivity contribution in [3.63, 3.8) is 0 Å². The normalized spacial score (nSPS) is 11.9. The fourth-order valence-electron chi connectivity index (χ4n) is 1.08. The largest absolute Gasteiger partial charge is 0.480 e. The molecule has 0 aromatic rings. The van der Waals surface area contributed by atoms with Crippen LogP contribution in [0.4, 0.5) is 0 Å². The molecule has 0 radical (unpaired) electrons. The summed E-state index contributed by atoms with van der Waals surface area (Å²) in [6.07, 6.45) is 0.442. The van der Waals surface area contributed by atoms with E-state index in [1.54, 1.807) is 13.8 Å². The van der Waals surface area contributed by atoms with Gasteiger partial charge in [0.15, 0.2) is 0 Å². The van der Waals surface area contributed by atoms with Gasteiger partial charge in [0.05, 0.1) is 0 Å². The number of amides is 1. The maximum Gasteiger partial charge on any atom is 0.327 e. The lowest BCUT2D eigenvalue weighted by molar-refractivity contribution is -0.145. The van der Waals surface area contributed by atoms with Crippen LogP contribution >= 0.6 is 24.0 Å². The molecule has 1 amide bonds. The van der Waals surface area contributed by atoms with E-state index in [1.807, 2.05) is 0 Å². The molecular formula is C9H13NO3S2. The van der Waals surface area contributed by atoms with E-state index in [0.29, 0.717) is 6.41 Å². The highest BCUT2D eigenvalue weighted by molar-refractivity contribution is 8.24. The molecule has 0 aliphatic rings. The molecule has 0 saturated carbocycles. The number of hydrogen-bond donors (Lipinski definition) is 1. The molecule has 6 heteroatoms. The fraction of sp³-hybridized carbons (Fsp3) is 0.444. The molecule has 84 valence electrons. The van der Waals surface area contributed by atoms with Crippen LogP contribution in [-0.4, -0.2) is 32.7 Å². The number of hydrogen-bond acceptors (Lipinski definition) is 4. The number of thioether (sulfide) groups is 1. The minimum Gasteiger partial charge on any atom is -0.480 e. The Balaban J connectivity index is 4.89. The summed E-state index contributed by atoms with van der Waals surface area (Å²) in [6.45, 7) is 6.89. The summed E-state index contributed by atoms with van der Waals surface area (Å²) in [7, 11) is 0. The number of carboxylic acids is 1. The molecule has 0 aliphatic heterocycles. The van der Waals surface area contributed by atoms with Crippen LogP contribution in [0, 0.1) is 5.92 Å². The SMILES string of the molecule is C=CSC(=S)N(C=O)C(C(=O)O)C(C)C. The van der Waals surface area contributed by atoms with E-state index in [0.717, 1.165) is 16.7 Å². The lowest BCUT2D eigenvalue weighted by atomic mass is 10.0. The zero-order chi connectivity index (χ0) is 12.0. The summed E-state index contributed by atoms with van der Waals surface area (Å²) < 4.78 is 0.195. The van der Waals surface area contributed by atoms with Crippen molar-refractivity contribution in [2.24, 2.45) is 5.92 Å². The molecular weight excluding hydrogens is 234 g/mol. The Morgan fingerprint density at radius 1 is 1.60 bits per heavy atom. The lowest BCUT2D eigenvalue weighted by Crippen LogP contribution is -2.45. The van der Waals surface area contributed by atoms with Crippen molar-refractivity contribution in [2.45, 2.75) is 19.9 Å². The molecule has 0 saturated heterocycles. The highest BCUT2D eigenvalue weighted by Gasteiger charge is 2.30. The van der Waals surface area contributed by atoms with Gasteiger partial charge in [0.25, 0.3) is 0 Å². The summed E-state index contributed by atoms with van der Waals surface area (Å²) in [5.74, 6) is -1.28. The molecule has 15 heavy (non-hydrogen) atoms. The molecule has 0 aliphatic carbocycles. The van der Waals surface area contributed by atoms with Crippen molar-refractivity contribution in [2.75, 3.05) is 0 Å². The second kappa shape index (κ2) is 6.58. The van der Waals surface area contributed by atoms with Crippen LogP contribution in [0.15, 0.2) is 12.0 Å². The Morgan fingerprint density at radius 2 is 2.13 bits per heavy atom. The molecule has 1 unspecified atom stereocenters. The van der Waals surface area contributed by atoms with E-state index in [9.17, 15) is 9.59 Å². The van der Waals surface area contributed by atoms with Gasteiger partial charge in [0.1, 0.15) is 10.4 Å². The van der Waals surface area contributed by atoms with Crippen molar-refractivity contribution >= 4 is 40.7 Å². The summed E-state index contributed by atoms with van der Waals surface area (Å²) >= 11 is 5.97. The van der Waals surface area contributed by atoms with E-state index in [2.05, 4.69) is 6.58 Å². The molecule has 0 heterocycles. The summed E-state index contributed by atoms with van der Waals surface area (Å²) in [4.78, 5) is 22.8. The van der Waals surface area contributed by atoms with Gasteiger partial charge in [-0.15, -0.1) is 0 Å². The van der Waals surface area contributed by atoms with Crippen LogP contribution in [0.3, 0.4) is 0 Å². The third-order valence-electron chi connectivity index (χ3n) is 1.69. The van der Waals surface area contributed by atoms with Crippen molar-refractivity contribution in [3.05, 3.63) is 12.0 Å². The van der Waals surface area contributed by atoms with Gasteiger partial charge in [0, 0.05) is 0 Å². The Morgan fingerprint density at radius 3 is 2.40 bits per heavy atom. The molecule has 1 N–H and O–H groups in total. The molecule has 4 nitrogen and oxygen atoms in total. The van der Waals surface area contributed by atoms with Gasteiger partial charge in [-0.25, -0.2) is 4.79 Å². The van der Waals surface area contributed by atoms with Gasteiger partial charge >= 0.3 is 5.97 Å². The minimum absolute atomic E-state index is 0.195. The Labute approximate surface area is 98.3 Å². The highest BCUT2D eigenvalue weighted by atomic mass is 32.2. The first-order valence-corrected chi connectivity index (χ1v) is 5.52. The number of carbonyl (C=O) groups excluding carboxylic acids is 1. The maximum absolute atomic E-state index is 11.0. The van der Waals surface area contributed by atoms with Gasteiger partial charge in [-0.3, -0.25) is 9.69 Å². The third-order valence-corrected chi connectivity index (χ3v) is 2.77. The van der Waals surface area contributed by atoms with Gasteiger partial charge in [-0.05, 0) is 11.3 Å². The predicted octanol–water partition coefficient (Wildman–Crippen LogP) is 1.72. The topological polar surface area (TPSA) is 57.6 Å². The standard InChI is InChI=1S/C9H13NO3S2/c1-4-15-9(14)10(5-11)7(6(2)3)8(12)13/h4-7H,1H2,2-3H3,(H,12,13).